The third-order valence-electron chi connectivity index (χ3n) is 4.30. The van der Waals surface area contributed by atoms with Gasteiger partial charge in [-0.3, -0.25) is 4.79 Å². The molecule has 0 saturated heterocycles. The fourth-order valence-electron chi connectivity index (χ4n) is 2.73. The third kappa shape index (κ3) is 4.94. The van der Waals surface area contributed by atoms with Crippen molar-refractivity contribution < 1.29 is 13.2 Å². The zero-order valence-corrected chi connectivity index (χ0v) is 16.0. The van der Waals surface area contributed by atoms with Gasteiger partial charge in [0.2, 0.25) is 15.9 Å². The number of hydrogen-bond acceptors (Lipinski definition) is 5. The summed E-state index contributed by atoms with van der Waals surface area (Å²) in [6.45, 7) is 2.18. The van der Waals surface area contributed by atoms with Gasteiger partial charge in [-0.15, -0.1) is 0 Å². The largest absolute Gasteiger partial charge is 0.352 e. The molecule has 0 radical (unpaired) electrons. The normalized spacial score (nSPS) is 21.7. The van der Waals surface area contributed by atoms with Crippen molar-refractivity contribution in [2.45, 2.75) is 48.6 Å². The summed E-state index contributed by atoms with van der Waals surface area (Å²) in [4.78, 5) is 16.4. The number of nitrogens with one attached hydrogen (secondary N) is 1. The van der Waals surface area contributed by atoms with Crippen LogP contribution in [0.25, 0.3) is 0 Å². The Morgan fingerprint density at radius 3 is 2.62 bits per heavy atom. The summed E-state index contributed by atoms with van der Waals surface area (Å²) in [5, 5.41) is 3.74. The maximum atomic E-state index is 12.1. The maximum Gasteiger partial charge on any atom is 0.244 e. The van der Waals surface area contributed by atoms with E-state index in [0.29, 0.717) is 10.9 Å². The predicted octanol–water partition coefficient (Wildman–Crippen LogP) is 2.12. The molecule has 2 rings (SSSR count). The first-order chi connectivity index (χ1) is 11.3. The number of thioether (sulfide) groups is 1. The Hall–Kier alpha value is -1.12. The monoisotopic (exact) mass is 371 g/mol. The molecule has 1 aliphatic carbocycles. The van der Waals surface area contributed by atoms with Gasteiger partial charge in [0.25, 0.3) is 0 Å². The van der Waals surface area contributed by atoms with Gasteiger partial charge >= 0.3 is 0 Å². The molecule has 0 aromatic carbocycles. The summed E-state index contributed by atoms with van der Waals surface area (Å²) in [6.07, 6.45) is 5.97. The van der Waals surface area contributed by atoms with E-state index in [9.17, 15) is 13.2 Å². The number of sulfonamides is 1. The minimum atomic E-state index is -3.47. The van der Waals surface area contributed by atoms with Gasteiger partial charge in [-0.2, -0.15) is 0 Å². The van der Waals surface area contributed by atoms with Gasteiger partial charge in [-0.05, 0) is 30.9 Å². The lowest BCUT2D eigenvalue weighted by Crippen LogP contribution is -2.41. The van der Waals surface area contributed by atoms with Crippen molar-refractivity contribution in [1.82, 2.24) is 14.6 Å². The zero-order valence-electron chi connectivity index (χ0n) is 14.4. The Labute approximate surface area is 148 Å². The van der Waals surface area contributed by atoms with E-state index < -0.39 is 10.0 Å². The van der Waals surface area contributed by atoms with Gasteiger partial charge in [-0.1, -0.05) is 31.5 Å². The molecule has 1 aromatic heterocycles. The van der Waals surface area contributed by atoms with Crippen LogP contribution in [0.2, 0.25) is 0 Å². The number of aromatic nitrogens is 1. The number of carbonyl (C=O) groups is 1. The zero-order chi connectivity index (χ0) is 17.7. The summed E-state index contributed by atoms with van der Waals surface area (Å²) in [5.41, 5.74) is 0. The van der Waals surface area contributed by atoms with Crippen molar-refractivity contribution in [1.29, 1.82) is 0 Å². The van der Waals surface area contributed by atoms with Crippen LogP contribution in [0.15, 0.2) is 28.3 Å². The molecule has 1 heterocycles. The standard InChI is InChI=1S/C16H25N3O3S2/c1-12-6-4-5-7-14(12)18-15(20)11-23-16-9-8-13(10-17-16)24(21,22)19(2)3/h8-10,12,14H,4-7,11H2,1-3H3,(H,18,20)/t12-,14+/m1/s1. The number of amides is 1. The molecule has 1 aromatic rings. The molecule has 1 amide bonds. The van der Waals surface area contributed by atoms with E-state index in [4.69, 9.17) is 0 Å². The van der Waals surface area contributed by atoms with Crippen LogP contribution in [0.1, 0.15) is 32.6 Å². The molecular formula is C16H25N3O3S2. The van der Waals surface area contributed by atoms with Crippen LogP contribution in [0.5, 0.6) is 0 Å². The molecular weight excluding hydrogens is 346 g/mol. The van der Waals surface area contributed by atoms with Crippen molar-refractivity contribution in [2.75, 3.05) is 19.8 Å². The van der Waals surface area contributed by atoms with E-state index in [1.165, 1.54) is 57.4 Å². The van der Waals surface area contributed by atoms with Crippen LogP contribution in [-0.4, -0.2) is 49.5 Å². The molecule has 0 bridgehead atoms. The number of nitrogens with zero attached hydrogens (tertiary/aromatic N) is 2. The highest BCUT2D eigenvalue weighted by atomic mass is 32.2. The number of rotatable bonds is 6. The lowest BCUT2D eigenvalue weighted by Gasteiger charge is -2.29. The first-order valence-corrected chi connectivity index (χ1v) is 10.5. The van der Waals surface area contributed by atoms with E-state index in [1.54, 1.807) is 6.07 Å². The minimum absolute atomic E-state index is 0.00513. The molecule has 134 valence electrons. The molecule has 0 unspecified atom stereocenters. The third-order valence-corrected chi connectivity index (χ3v) is 7.04. The molecule has 0 spiro atoms. The molecule has 6 nitrogen and oxygen atoms in total. The SMILES string of the molecule is C[C@@H]1CCCC[C@@H]1NC(=O)CSc1ccc(S(=O)(=O)N(C)C)cn1. The summed E-state index contributed by atoms with van der Waals surface area (Å²) in [6, 6.07) is 3.43. The Bertz CT molecular complexity index is 660. The summed E-state index contributed by atoms with van der Waals surface area (Å²) in [5.74, 6) is 0.822. The van der Waals surface area contributed by atoms with Crippen LogP contribution >= 0.6 is 11.8 Å². The number of carbonyl (C=O) groups excluding carboxylic acids is 1. The summed E-state index contributed by atoms with van der Waals surface area (Å²) < 4.78 is 25.1. The lowest BCUT2D eigenvalue weighted by atomic mass is 9.86. The second kappa shape index (κ2) is 8.31. The molecule has 1 N–H and O–H groups in total. The average molecular weight is 372 g/mol. The molecule has 8 heteroatoms. The molecule has 1 saturated carbocycles. The van der Waals surface area contributed by atoms with Gasteiger partial charge in [0.1, 0.15) is 4.90 Å². The Balaban J connectivity index is 1.87. The van der Waals surface area contributed by atoms with E-state index in [1.807, 2.05) is 0 Å². The lowest BCUT2D eigenvalue weighted by molar-refractivity contribution is -0.119. The van der Waals surface area contributed by atoms with E-state index in [0.717, 1.165) is 10.7 Å². The molecule has 24 heavy (non-hydrogen) atoms. The first kappa shape index (κ1) is 19.2. The summed E-state index contributed by atoms with van der Waals surface area (Å²) in [7, 11) is -0.506. The second-order valence-electron chi connectivity index (χ2n) is 6.34. The fourth-order valence-corrected chi connectivity index (χ4v) is 4.24. The van der Waals surface area contributed by atoms with Crippen molar-refractivity contribution >= 4 is 27.7 Å². The van der Waals surface area contributed by atoms with Crippen molar-refractivity contribution in [3.05, 3.63) is 18.3 Å². The minimum Gasteiger partial charge on any atom is -0.352 e. The molecule has 2 atom stereocenters. The van der Waals surface area contributed by atoms with Crippen molar-refractivity contribution in [3.63, 3.8) is 0 Å². The van der Waals surface area contributed by atoms with Gasteiger partial charge in [-0.25, -0.2) is 17.7 Å². The number of hydrogen-bond donors (Lipinski definition) is 1. The average Bonchev–Trinajstić information content (AvgIpc) is 2.55. The van der Waals surface area contributed by atoms with Crippen LogP contribution in [0.3, 0.4) is 0 Å². The summed E-state index contributed by atoms with van der Waals surface area (Å²) >= 11 is 1.31. The molecule has 1 aliphatic rings. The van der Waals surface area contributed by atoms with Gasteiger partial charge in [0, 0.05) is 26.3 Å². The highest BCUT2D eigenvalue weighted by molar-refractivity contribution is 7.99. The Morgan fingerprint density at radius 1 is 1.33 bits per heavy atom. The van der Waals surface area contributed by atoms with Crippen molar-refractivity contribution in [2.24, 2.45) is 5.92 Å². The number of pyridine rings is 1. The smallest absolute Gasteiger partial charge is 0.244 e. The highest BCUT2D eigenvalue weighted by Gasteiger charge is 2.23. The Kier molecular flexibility index (Phi) is 6.65. The predicted molar refractivity (Wildman–Crippen MR) is 95.4 cm³/mol. The van der Waals surface area contributed by atoms with E-state index in [2.05, 4.69) is 17.2 Å². The maximum absolute atomic E-state index is 12.1. The van der Waals surface area contributed by atoms with Crippen LogP contribution in [0.4, 0.5) is 0 Å². The van der Waals surface area contributed by atoms with Gasteiger partial charge < -0.3 is 5.32 Å². The van der Waals surface area contributed by atoms with Gasteiger partial charge in [0.05, 0.1) is 10.8 Å². The molecule has 1 fully saturated rings. The van der Waals surface area contributed by atoms with Crippen molar-refractivity contribution in [3.8, 4) is 0 Å². The quantitative estimate of drug-likeness (QED) is 0.775. The highest BCUT2D eigenvalue weighted by Crippen LogP contribution is 2.24. The Morgan fingerprint density at radius 2 is 2.04 bits per heavy atom. The van der Waals surface area contributed by atoms with Crippen LogP contribution in [-0.2, 0) is 14.8 Å². The molecule has 0 aliphatic heterocycles. The van der Waals surface area contributed by atoms with Crippen LogP contribution in [0, 0.1) is 5.92 Å². The second-order valence-corrected chi connectivity index (χ2v) is 9.49. The van der Waals surface area contributed by atoms with Gasteiger partial charge in [0.15, 0.2) is 0 Å². The first-order valence-electron chi connectivity index (χ1n) is 8.11. The van der Waals surface area contributed by atoms with E-state index in [-0.39, 0.29) is 22.6 Å². The fraction of sp³-hybridized carbons (Fsp3) is 0.625. The van der Waals surface area contributed by atoms with E-state index >= 15 is 0 Å². The topological polar surface area (TPSA) is 79.4 Å². The van der Waals surface area contributed by atoms with Crippen LogP contribution < -0.4 is 5.32 Å².